The molecule has 14 heteroatoms. The van der Waals surface area contributed by atoms with Crippen LogP contribution in [0.4, 0.5) is 0 Å². The molecule has 0 N–H and O–H groups in total. The summed E-state index contributed by atoms with van der Waals surface area (Å²) in [5, 5.41) is -0.265. The second kappa shape index (κ2) is 10.1. The zero-order valence-electron chi connectivity index (χ0n) is 22.1. The van der Waals surface area contributed by atoms with Gasteiger partial charge in [-0.15, -0.1) is 5.06 Å². The predicted octanol–water partition coefficient (Wildman–Crippen LogP) is 4.63. The average molecular weight is 626 g/mol. The van der Waals surface area contributed by atoms with Gasteiger partial charge in [0.05, 0.1) is 21.2 Å². The van der Waals surface area contributed by atoms with E-state index < -0.39 is 46.9 Å². The number of nitrogens with zero attached hydrogens (tertiary/aromatic N) is 1. The van der Waals surface area contributed by atoms with Gasteiger partial charge in [0.15, 0.2) is 5.60 Å². The molecule has 0 bridgehead atoms. The topological polar surface area (TPSA) is 152 Å². The van der Waals surface area contributed by atoms with E-state index in [1.54, 1.807) is 0 Å². The van der Waals surface area contributed by atoms with E-state index in [2.05, 4.69) is 0 Å². The van der Waals surface area contributed by atoms with Crippen molar-refractivity contribution in [1.29, 1.82) is 0 Å². The van der Waals surface area contributed by atoms with Crippen molar-refractivity contribution >= 4 is 58.9 Å². The van der Waals surface area contributed by atoms with Crippen LogP contribution in [0, 0.1) is 0 Å². The maximum atomic E-state index is 13.5. The average Bonchev–Trinajstić information content (AvgIpc) is 3.40. The number of hydroxylamine groups is 2. The summed E-state index contributed by atoms with van der Waals surface area (Å²) < 4.78 is 22.5. The fourth-order valence-corrected chi connectivity index (χ4v) is 5.74. The zero-order chi connectivity index (χ0) is 30.8. The highest BCUT2D eigenvalue weighted by molar-refractivity contribution is 6.45. The first-order valence-electron chi connectivity index (χ1n) is 12.6. The number of esters is 3. The van der Waals surface area contributed by atoms with Gasteiger partial charge in [0, 0.05) is 55.5 Å². The van der Waals surface area contributed by atoms with Gasteiger partial charge in [0.2, 0.25) is 0 Å². The number of hydrogen-bond donors (Lipinski definition) is 0. The highest BCUT2D eigenvalue weighted by Gasteiger charge is 2.56. The van der Waals surface area contributed by atoms with Gasteiger partial charge < -0.3 is 23.8 Å². The van der Waals surface area contributed by atoms with E-state index in [0.29, 0.717) is 5.06 Å². The Balaban J connectivity index is 1.54. The fraction of sp³-hybridized carbons (Fsp3) is 0.172. The van der Waals surface area contributed by atoms with Crippen molar-refractivity contribution in [3.63, 3.8) is 0 Å². The second-order valence-electron chi connectivity index (χ2n) is 9.61. The second-order valence-corrected chi connectivity index (χ2v) is 10.4. The van der Waals surface area contributed by atoms with Crippen LogP contribution < -0.4 is 14.2 Å². The number of rotatable bonds is 4. The van der Waals surface area contributed by atoms with E-state index in [9.17, 15) is 28.8 Å². The molecule has 0 aliphatic carbocycles. The van der Waals surface area contributed by atoms with Gasteiger partial charge in [-0.05, 0) is 30.3 Å². The van der Waals surface area contributed by atoms with Gasteiger partial charge in [-0.3, -0.25) is 19.2 Å². The van der Waals surface area contributed by atoms with E-state index in [0.717, 1.165) is 6.07 Å². The molecule has 2 amide bonds. The zero-order valence-corrected chi connectivity index (χ0v) is 23.7. The smallest absolute Gasteiger partial charge is 0.365 e. The number of carbonyl (C=O) groups excluding carboxylic acids is 6. The Morgan fingerprint density at radius 2 is 1.35 bits per heavy atom. The van der Waals surface area contributed by atoms with E-state index in [-0.39, 0.29) is 68.1 Å². The Morgan fingerprint density at radius 1 is 0.814 bits per heavy atom. The molecule has 1 saturated heterocycles. The highest BCUT2D eigenvalue weighted by Crippen LogP contribution is 2.59. The molecule has 12 nitrogen and oxygen atoms in total. The van der Waals surface area contributed by atoms with Crippen molar-refractivity contribution in [2.24, 2.45) is 0 Å². The van der Waals surface area contributed by atoms with Crippen LogP contribution in [0.3, 0.4) is 0 Å². The van der Waals surface area contributed by atoms with Crippen LogP contribution in [0.2, 0.25) is 10.0 Å². The summed E-state index contributed by atoms with van der Waals surface area (Å²) in [7, 11) is 0. The van der Waals surface area contributed by atoms with Gasteiger partial charge in [-0.2, -0.15) is 0 Å². The standard InChI is InChI=1S/C29H17Cl2NO11/c1-12(33)39-14-3-5-18-20(9-14)41-21-10-15(40-13(2)34)4-6-19(21)29(18)24-16(27(37)42-29)11-17(25(30)26(24)31)28(38)43-32-22(35)7-8-23(32)36/h3-6,9-11H,7-8H2,1-2H3. The minimum Gasteiger partial charge on any atom is -0.456 e. The normalized spacial score (nSPS) is 15.7. The first-order valence-corrected chi connectivity index (χ1v) is 13.3. The van der Waals surface area contributed by atoms with Gasteiger partial charge in [-0.25, -0.2) is 9.59 Å². The van der Waals surface area contributed by atoms with E-state index in [1.165, 1.54) is 50.2 Å². The first-order chi connectivity index (χ1) is 20.4. The lowest BCUT2D eigenvalue weighted by atomic mass is 9.77. The predicted molar refractivity (Wildman–Crippen MR) is 144 cm³/mol. The van der Waals surface area contributed by atoms with Crippen LogP contribution in [0.1, 0.15) is 64.1 Å². The molecule has 1 spiro atoms. The molecule has 43 heavy (non-hydrogen) atoms. The van der Waals surface area contributed by atoms with E-state index in [1.807, 2.05) is 0 Å². The fourth-order valence-electron chi connectivity index (χ4n) is 5.17. The number of halogens is 2. The van der Waals surface area contributed by atoms with Gasteiger partial charge >= 0.3 is 23.9 Å². The monoisotopic (exact) mass is 625 g/mol. The molecule has 3 aromatic carbocycles. The molecule has 1 fully saturated rings. The summed E-state index contributed by atoms with van der Waals surface area (Å²) in [5.74, 6) is -4.24. The molecule has 6 rings (SSSR count). The molecule has 3 aliphatic rings. The number of hydrogen-bond acceptors (Lipinski definition) is 11. The molecular weight excluding hydrogens is 609 g/mol. The summed E-state index contributed by atoms with van der Waals surface area (Å²) >= 11 is 13.3. The maximum absolute atomic E-state index is 13.5. The Bertz CT molecular complexity index is 1750. The molecule has 218 valence electrons. The van der Waals surface area contributed by atoms with E-state index >= 15 is 0 Å². The third-order valence-corrected chi connectivity index (χ3v) is 7.70. The Kier molecular flexibility index (Phi) is 6.62. The van der Waals surface area contributed by atoms with Crippen LogP contribution in [0.15, 0.2) is 42.5 Å². The molecule has 3 heterocycles. The summed E-state index contributed by atoms with van der Waals surface area (Å²) in [4.78, 5) is 78.7. The van der Waals surface area contributed by atoms with Crippen molar-refractivity contribution < 1.29 is 52.6 Å². The highest BCUT2D eigenvalue weighted by atomic mass is 35.5. The minimum absolute atomic E-state index is 0.0558. The van der Waals surface area contributed by atoms with Gasteiger partial charge in [0.25, 0.3) is 11.8 Å². The summed E-state index contributed by atoms with van der Waals surface area (Å²) in [5.41, 5.74) is -1.75. The summed E-state index contributed by atoms with van der Waals surface area (Å²) in [6, 6.07) is 9.84. The summed E-state index contributed by atoms with van der Waals surface area (Å²) in [6.45, 7) is 2.44. The first kappa shape index (κ1) is 28.2. The number of carbonyl (C=O) groups is 6. The third-order valence-electron chi connectivity index (χ3n) is 6.83. The molecule has 0 radical (unpaired) electrons. The Hall–Kier alpha value is -4.94. The SMILES string of the molecule is CC(=O)Oc1ccc2c(c1)Oc1cc(OC(C)=O)ccc1C21OC(=O)c2cc(C(=O)ON3C(=O)CCC3=O)c(Cl)c(Cl)c21. The van der Waals surface area contributed by atoms with Crippen molar-refractivity contribution in [3.8, 4) is 23.0 Å². The lowest BCUT2D eigenvalue weighted by Gasteiger charge is -2.37. The van der Waals surface area contributed by atoms with Crippen LogP contribution in [0.5, 0.6) is 23.0 Å². The van der Waals surface area contributed by atoms with Crippen LogP contribution >= 0.6 is 23.2 Å². The molecule has 0 unspecified atom stereocenters. The summed E-state index contributed by atoms with van der Waals surface area (Å²) in [6.07, 6.45) is -0.252. The van der Waals surface area contributed by atoms with Crippen LogP contribution in [-0.2, 0) is 34.4 Å². The molecule has 3 aromatic rings. The minimum atomic E-state index is -1.79. The lowest BCUT2D eigenvalue weighted by Crippen LogP contribution is -2.33. The molecule has 0 atom stereocenters. The number of amides is 2. The quantitative estimate of drug-likeness (QED) is 0.226. The van der Waals surface area contributed by atoms with Crippen LogP contribution in [-0.4, -0.2) is 40.8 Å². The number of imide groups is 1. The number of benzene rings is 3. The van der Waals surface area contributed by atoms with Crippen LogP contribution in [0.25, 0.3) is 0 Å². The number of ether oxygens (including phenoxy) is 4. The maximum Gasteiger partial charge on any atom is 0.365 e. The Morgan fingerprint density at radius 3 is 1.86 bits per heavy atom. The number of fused-ring (bicyclic) bond motifs is 6. The van der Waals surface area contributed by atoms with Gasteiger partial charge in [-0.1, -0.05) is 23.2 Å². The Labute approximate surface area is 251 Å². The van der Waals surface area contributed by atoms with Crippen molar-refractivity contribution in [2.45, 2.75) is 32.3 Å². The van der Waals surface area contributed by atoms with Crippen molar-refractivity contribution in [1.82, 2.24) is 5.06 Å². The lowest BCUT2D eigenvalue weighted by molar-refractivity contribution is -0.172. The third kappa shape index (κ3) is 4.46. The van der Waals surface area contributed by atoms with Crippen molar-refractivity contribution in [3.05, 3.63) is 80.3 Å². The molecular formula is C29H17Cl2NO11. The molecule has 0 aromatic heterocycles. The van der Waals surface area contributed by atoms with E-state index in [4.69, 9.17) is 47.0 Å². The van der Waals surface area contributed by atoms with Gasteiger partial charge in [0.1, 0.15) is 23.0 Å². The molecule has 3 aliphatic heterocycles. The molecule has 0 saturated carbocycles. The van der Waals surface area contributed by atoms with Crippen molar-refractivity contribution in [2.75, 3.05) is 0 Å². The largest absolute Gasteiger partial charge is 0.456 e.